The zero-order valence-corrected chi connectivity index (χ0v) is 14.0. The summed E-state index contributed by atoms with van der Waals surface area (Å²) in [6, 6.07) is 0.139. The molecule has 6 nitrogen and oxygen atoms in total. The molecule has 1 unspecified atom stereocenters. The van der Waals surface area contributed by atoms with Crippen LogP contribution in [0.3, 0.4) is 0 Å². The molecule has 0 bridgehead atoms. The van der Waals surface area contributed by atoms with Crippen LogP contribution in [0.1, 0.15) is 44.0 Å². The van der Waals surface area contributed by atoms with Gasteiger partial charge >= 0.3 is 0 Å². The third-order valence-electron chi connectivity index (χ3n) is 3.40. The van der Waals surface area contributed by atoms with Crippen molar-refractivity contribution < 1.29 is 0 Å². The van der Waals surface area contributed by atoms with Crippen molar-refractivity contribution in [3.8, 4) is 0 Å². The molecule has 20 heavy (non-hydrogen) atoms. The summed E-state index contributed by atoms with van der Waals surface area (Å²) in [7, 11) is 1.95. The Morgan fingerprint density at radius 2 is 2.15 bits per heavy atom. The number of hydrogen-bond donors (Lipinski definition) is 1. The molecule has 110 valence electrons. The lowest BCUT2D eigenvalue weighted by Crippen LogP contribution is -2.23. The van der Waals surface area contributed by atoms with E-state index in [9.17, 15) is 0 Å². The topological polar surface area (TPSA) is 60.6 Å². The van der Waals surface area contributed by atoms with Gasteiger partial charge in [0, 0.05) is 20.1 Å². The van der Waals surface area contributed by atoms with Gasteiger partial charge < -0.3 is 9.88 Å². The molecule has 0 aliphatic carbocycles. The van der Waals surface area contributed by atoms with Crippen molar-refractivity contribution in [2.75, 3.05) is 0 Å². The van der Waals surface area contributed by atoms with Gasteiger partial charge in [-0.1, -0.05) is 6.92 Å². The van der Waals surface area contributed by atoms with Gasteiger partial charge in [-0.3, -0.25) is 4.68 Å². The SMILES string of the molecule is CCc1nn(CC)c(CNC(C)c2nncn2C)c1Br. The highest BCUT2D eigenvalue weighted by molar-refractivity contribution is 9.10. The summed E-state index contributed by atoms with van der Waals surface area (Å²) in [5, 5.41) is 16.1. The molecule has 2 aromatic rings. The quantitative estimate of drug-likeness (QED) is 0.875. The van der Waals surface area contributed by atoms with E-state index in [0.29, 0.717) is 0 Å². The lowest BCUT2D eigenvalue weighted by molar-refractivity contribution is 0.501. The van der Waals surface area contributed by atoms with Crippen molar-refractivity contribution in [1.82, 2.24) is 29.9 Å². The molecular formula is C13H21BrN6. The molecule has 0 saturated heterocycles. The van der Waals surface area contributed by atoms with Gasteiger partial charge in [0.15, 0.2) is 0 Å². The largest absolute Gasteiger partial charge is 0.319 e. The van der Waals surface area contributed by atoms with Crippen LogP contribution in [0.15, 0.2) is 10.8 Å². The van der Waals surface area contributed by atoms with Crippen molar-refractivity contribution in [2.24, 2.45) is 7.05 Å². The van der Waals surface area contributed by atoms with Gasteiger partial charge in [0.25, 0.3) is 0 Å². The molecule has 0 aliphatic rings. The summed E-state index contributed by atoms with van der Waals surface area (Å²) in [6.45, 7) is 7.93. The Morgan fingerprint density at radius 1 is 1.40 bits per heavy atom. The average Bonchev–Trinajstić information content (AvgIpc) is 3.00. The second-order valence-corrected chi connectivity index (χ2v) is 5.57. The molecule has 2 rings (SSSR count). The van der Waals surface area contributed by atoms with E-state index in [-0.39, 0.29) is 6.04 Å². The lowest BCUT2D eigenvalue weighted by atomic mass is 10.2. The molecule has 7 heteroatoms. The average molecular weight is 341 g/mol. The minimum absolute atomic E-state index is 0.139. The predicted octanol–water partition coefficient (Wildman–Crippen LogP) is 2.21. The van der Waals surface area contributed by atoms with Gasteiger partial charge in [-0.15, -0.1) is 10.2 Å². The highest BCUT2D eigenvalue weighted by Gasteiger charge is 2.16. The molecular weight excluding hydrogens is 320 g/mol. The molecule has 2 heterocycles. The number of nitrogens with one attached hydrogen (secondary N) is 1. The van der Waals surface area contributed by atoms with Crippen LogP contribution in [0.5, 0.6) is 0 Å². The Balaban J connectivity index is 2.11. The van der Waals surface area contributed by atoms with E-state index in [1.54, 1.807) is 6.33 Å². The second kappa shape index (κ2) is 6.49. The number of aromatic nitrogens is 5. The van der Waals surface area contributed by atoms with Gasteiger partial charge in [-0.2, -0.15) is 5.10 Å². The lowest BCUT2D eigenvalue weighted by Gasteiger charge is -2.13. The van der Waals surface area contributed by atoms with E-state index >= 15 is 0 Å². The van der Waals surface area contributed by atoms with Gasteiger partial charge in [-0.05, 0) is 36.2 Å². The minimum Gasteiger partial charge on any atom is -0.319 e. The maximum absolute atomic E-state index is 4.60. The fourth-order valence-corrected chi connectivity index (χ4v) is 2.92. The Bertz CT molecular complexity index is 573. The third kappa shape index (κ3) is 2.93. The Hall–Kier alpha value is -1.21. The van der Waals surface area contributed by atoms with Crippen LogP contribution in [0.4, 0.5) is 0 Å². The van der Waals surface area contributed by atoms with E-state index in [4.69, 9.17) is 0 Å². The molecule has 1 atom stereocenters. The van der Waals surface area contributed by atoms with Crippen molar-refractivity contribution in [3.05, 3.63) is 28.0 Å². The highest BCUT2D eigenvalue weighted by Crippen LogP contribution is 2.23. The molecule has 0 saturated carbocycles. The zero-order chi connectivity index (χ0) is 14.7. The van der Waals surface area contributed by atoms with E-state index < -0.39 is 0 Å². The standard InChI is InChI=1S/C13H21BrN6/c1-5-10-12(14)11(20(6-2)18-10)7-15-9(3)13-17-16-8-19(13)4/h8-9,15H,5-7H2,1-4H3. The number of halogens is 1. The molecule has 2 aromatic heterocycles. The van der Waals surface area contributed by atoms with Gasteiger partial charge in [0.1, 0.15) is 12.2 Å². The first-order valence-electron chi connectivity index (χ1n) is 6.89. The fourth-order valence-electron chi connectivity index (χ4n) is 2.21. The summed E-state index contributed by atoms with van der Waals surface area (Å²) >= 11 is 3.66. The first-order valence-corrected chi connectivity index (χ1v) is 7.69. The third-order valence-corrected chi connectivity index (χ3v) is 4.32. The molecule has 0 radical (unpaired) electrons. The normalized spacial score (nSPS) is 12.8. The Labute approximate surface area is 127 Å². The van der Waals surface area contributed by atoms with E-state index in [2.05, 4.69) is 57.3 Å². The Morgan fingerprint density at radius 3 is 2.70 bits per heavy atom. The van der Waals surface area contributed by atoms with E-state index in [1.165, 1.54) is 5.69 Å². The Kier molecular flexibility index (Phi) is 4.93. The number of nitrogens with zero attached hydrogens (tertiary/aromatic N) is 5. The maximum Gasteiger partial charge on any atom is 0.149 e. The predicted molar refractivity (Wildman–Crippen MR) is 81.2 cm³/mol. The van der Waals surface area contributed by atoms with Crippen LogP contribution in [-0.4, -0.2) is 24.5 Å². The molecule has 1 N–H and O–H groups in total. The molecule has 0 aromatic carbocycles. The van der Waals surface area contributed by atoms with Crippen LogP contribution in [-0.2, 0) is 26.6 Å². The van der Waals surface area contributed by atoms with Gasteiger partial charge in [0.05, 0.1) is 21.9 Å². The van der Waals surface area contributed by atoms with E-state index in [0.717, 1.165) is 35.5 Å². The van der Waals surface area contributed by atoms with Gasteiger partial charge in [0.2, 0.25) is 0 Å². The van der Waals surface area contributed by atoms with Crippen LogP contribution in [0, 0.1) is 0 Å². The monoisotopic (exact) mass is 340 g/mol. The first-order chi connectivity index (χ1) is 9.58. The first kappa shape index (κ1) is 15.2. The van der Waals surface area contributed by atoms with Crippen molar-refractivity contribution >= 4 is 15.9 Å². The number of aryl methyl sites for hydroxylation is 3. The van der Waals surface area contributed by atoms with Crippen molar-refractivity contribution in [1.29, 1.82) is 0 Å². The fraction of sp³-hybridized carbons (Fsp3) is 0.615. The second-order valence-electron chi connectivity index (χ2n) is 4.78. The van der Waals surface area contributed by atoms with Gasteiger partial charge in [-0.25, -0.2) is 0 Å². The number of rotatable bonds is 6. The summed E-state index contributed by atoms with van der Waals surface area (Å²) in [6.07, 6.45) is 2.65. The molecule has 0 fully saturated rings. The minimum atomic E-state index is 0.139. The van der Waals surface area contributed by atoms with Crippen molar-refractivity contribution in [3.63, 3.8) is 0 Å². The summed E-state index contributed by atoms with van der Waals surface area (Å²) < 4.78 is 5.08. The van der Waals surface area contributed by atoms with Crippen LogP contribution in [0.2, 0.25) is 0 Å². The molecule has 0 amide bonds. The summed E-state index contributed by atoms with van der Waals surface area (Å²) in [4.78, 5) is 0. The summed E-state index contributed by atoms with van der Waals surface area (Å²) in [5.74, 6) is 0.930. The highest BCUT2D eigenvalue weighted by atomic mass is 79.9. The molecule has 0 aliphatic heterocycles. The van der Waals surface area contributed by atoms with Crippen LogP contribution >= 0.6 is 15.9 Å². The summed E-state index contributed by atoms with van der Waals surface area (Å²) in [5.41, 5.74) is 2.29. The smallest absolute Gasteiger partial charge is 0.149 e. The van der Waals surface area contributed by atoms with Crippen LogP contribution < -0.4 is 5.32 Å². The van der Waals surface area contributed by atoms with Crippen LogP contribution in [0.25, 0.3) is 0 Å². The number of hydrogen-bond acceptors (Lipinski definition) is 4. The zero-order valence-electron chi connectivity index (χ0n) is 12.4. The van der Waals surface area contributed by atoms with E-state index in [1.807, 2.05) is 16.3 Å². The van der Waals surface area contributed by atoms with Crippen molar-refractivity contribution in [2.45, 2.75) is 46.3 Å². The maximum atomic E-state index is 4.60. The molecule has 0 spiro atoms.